The number of aromatic nitrogens is 2. The average Bonchev–Trinajstić information content (AvgIpc) is 3.06. The van der Waals surface area contributed by atoms with E-state index in [9.17, 15) is 5.11 Å². The van der Waals surface area contributed by atoms with Crippen LogP contribution in [0.1, 0.15) is 58.1 Å². The van der Waals surface area contributed by atoms with Crippen LogP contribution in [-0.2, 0) is 6.42 Å². The highest BCUT2D eigenvalue weighted by Crippen LogP contribution is 2.36. The highest BCUT2D eigenvalue weighted by molar-refractivity contribution is 6.05. The van der Waals surface area contributed by atoms with Crippen molar-refractivity contribution >= 4 is 11.5 Å². The van der Waals surface area contributed by atoms with Gasteiger partial charge in [0.2, 0.25) is 0 Å². The Morgan fingerprint density at radius 2 is 1.73 bits per heavy atom. The molecule has 1 aliphatic heterocycles. The van der Waals surface area contributed by atoms with E-state index < -0.39 is 0 Å². The van der Waals surface area contributed by atoms with E-state index in [4.69, 9.17) is 5.21 Å². The number of piperidine rings is 1. The van der Waals surface area contributed by atoms with Crippen molar-refractivity contribution in [2.75, 3.05) is 11.9 Å². The van der Waals surface area contributed by atoms with Crippen molar-refractivity contribution in [3.8, 4) is 17.0 Å². The minimum absolute atomic E-state index is 0.0565. The minimum Gasteiger partial charge on any atom is -0.507 e. The molecule has 1 aromatic carbocycles. The molecule has 1 aliphatic carbocycles. The van der Waals surface area contributed by atoms with Crippen LogP contribution in [0.25, 0.3) is 11.3 Å². The van der Waals surface area contributed by atoms with Crippen LogP contribution in [0, 0.1) is 0 Å². The largest absolute Gasteiger partial charge is 0.507 e. The lowest BCUT2D eigenvalue weighted by Gasteiger charge is -2.49. The summed E-state index contributed by atoms with van der Waals surface area (Å²) in [6.07, 6.45) is 3.51. The number of rotatable bonds is 3. The molecule has 0 bridgehead atoms. The summed E-state index contributed by atoms with van der Waals surface area (Å²) in [5.41, 5.74) is 3.87. The number of hydrogen-bond donors (Lipinski definition) is 3. The standard InChI is InChI=1S/C23H31N5O2/c1-22(2)12-15(13-23(3,4)27-22)28(5)21-9-8-18(24-25-21)17-10-14-6-7-19(26-30)16(14)11-20(17)29/h8-11,15,27,29-30H,6-7,12-13H2,1-5H3/b26-19+. The molecule has 0 unspecified atom stereocenters. The number of nitrogens with one attached hydrogen (secondary N) is 1. The van der Waals surface area contributed by atoms with Crippen molar-refractivity contribution in [3.63, 3.8) is 0 Å². The zero-order chi connectivity index (χ0) is 21.7. The highest BCUT2D eigenvalue weighted by atomic mass is 16.4. The minimum atomic E-state index is 0.0565. The molecule has 3 N–H and O–H groups in total. The Morgan fingerprint density at radius 3 is 2.33 bits per heavy atom. The van der Waals surface area contributed by atoms with E-state index >= 15 is 0 Å². The van der Waals surface area contributed by atoms with Gasteiger partial charge in [0.25, 0.3) is 0 Å². The number of hydrogen-bond acceptors (Lipinski definition) is 7. The zero-order valence-electron chi connectivity index (χ0n) is 18.4. The van der Waals surface area contributed by atoms with Gasteiger partial charge in [0.1, 0.15) is 5.75 Å². The second kappa shape index (κ2) is 7.23. The molecule has 7 nitrogen and oxygen atoms in total. The first-order chi connectivity index (χ1) is 14.1. The number of phenolic OH excluding ortho intramolecular Hbond substituents is 1. The van der Waals surface area contributed by atoms with Gasteiger partial charge < -0.3 is 20.5 Å². The molecule has 2 aromatic rings. The van der Waals surface area contributed by atoms with Gasteiger partial charge in [0, 0.05) is 35.3 Å². The number of aromatic hydroxyl groups is 1. The van der Waals surface area contributed by atoms with Gasteiger partial charge in [-0.3, -0.25) is 0 Å². The summed E-state index contributed by atoms with van der Waals surface area (Å²) in [5.74, 6) is 0.946. The monoisotopic (exact) mass is 409 g/mol. The topological polar surface area (TPSA) is 93.9 Å². The van der Waals surface area contributed by atoms with Crippen molar-refractivity contribution in [1.82, 2.24) is 15.5 Å². The van der Waals surface area contributed by atoms with Crippen LogP contribution in [-0.4, -0.2) is 50.4 Å². The van der Waals surface area contributed by atoms with E-state index in [0.717, 1.165) is 36.2 Å². The van der Waals surface area contributed by atoms with Crippen LogP contribution >= 0.6 is 0 Å². The molecule has 160 valence electrons. The Morgan fingerprint density at radius 1 is 1.03 bits per heavy atom. The maximum atomic E-state index is 10.5. The third-order valence-electron chi connectivity index (χ3n) is 6.29. The molecule has 0 radical (unpaired) electrons. The summed E-state index contributed by atoms with van der Waals surface area (Å²) in [6, 6.07) is 7.83. The van der Waals surface area contributed by atoms with Crippen LogP contribution < -0.4 is 10.2 Å². The predicted octanol–water partition coefficient (Wildman–Crippen LogP) is 3.72. The van der Waals surface area contributed by atoms with Crippen molar-refractivity contribution in [1.29, 1.82) is 0 Å². The smallest absolute Gasteiger partial charge is 0.151 e. The first-order valence-corrected chi connectivity index (χ1v) is 10.5. The molecule has 30 heavy (non-hydrogen) atoms. The molecule has 7 heteroatoms. The van der Waals surface area contributed by atoms with E-state index in [1.807, 2.05) is 18.2 Å². The Balaban J connectivity index is 1.58. The van der Waals surface area contributed by atoms with Crippen molar-refractivity contribution in [2.45, 2.75) is 70.5 Å². The summed E-state index contributed by atoms with van der Waals surface area (Å²) in [4.78, 5) is 2.22. The van der Waals surface area contributed by atoms with Crippen LogP contribution in [0.2, 0.25) is 0 Å². The van der Waals surface area contributed by atoms with E-state index in [2.05, 4.69) is 60.3 Å². The molecule has 0 atom stereocenters. The highest BCUT2D eigenvalue weighted by Gasteiger charge is 2.39. The molecule has 2 aliphatic rings. The fourth-order valence-corrected chi connectivity index (χ4v) is 5.19. The van der Waals surface area contributed by atoms with Gasteiger partial charge in [0.05, 0.1) is 11.4 Å². The number of aryl methyl sites for hydroxylation is 1. The van der Waals surface area contributed by atoms with Gasteiger partial charge in [-0.1, -0.05) is 5.16 Å². The molecular weight excluding hydrogens is 378 g/mol. The first-order valence-electron chi connectivity index (χ1n) is 10.5. The third kappa shape index (κ3) is 3.86. The van der Waals surface area contributed by atoms with Gasteiger partial charge >= 0.3 is 0 Å². The lowest BCUT2D eigenvalue weighted by molar-refractivity contribution is 0.160. The van der Waals surface area contributed by atoms with E-state index in [1.165, 1.54) is 0 Å². The van der Waals surface area contributed by atoms with Gasteiger partial charge in [0.15, 0.2) is 5.82 Å². The van der Waals surface area contributed by atoms with Crippen molar-refractivity contribution < 1.29 is 10.3 Å². The number of nitrogens with zero attached hydrogens (tertiary/aromatic N) is 4. The normalized spacial score (nSPS) is 21.6. The Bertz CT molecular complexity index is 966. The van der Waals surface area contributed by atoms with Crippen molar-refractivity contribution in [2.24, 2.45) is 5.16 Å². The summed E-state index contributed by atoms with van der Waals surface area (Å²) in [5, 5.41) is 35.6. The summed E-state index contributed by atoms with van der Waals surface area (Å²) < 4.78 is 0. The zero-order valence-corrected chi connectivity index (χ0v) is 18.4. The number of benzene rings is 1. The fraction of sp³-hybridized carbons (Fsp3) is 0.522. The lowest BCUT2D eigenvalue weighted by atomic mass is 9.79. The second-order valence-corrected chi connectivity index (χ2v) is 9.92. The Kier molecular flexibility index (Phi) is 4.97. The SMILES string of the molecule is CN(c1ccc(-c2cc3c(cc2O)/C(=N/O)CC3)nn1)C1CC(C)(C)NC(C)(C)C1. The molecule has 0 saturated carbocycles. The average molecular weight is 410 g/mol. The molecular formula is C23H31N5O2. The van der Waals surface area contributed by atoms with Crippen LogP contribution in [0.5, 0.6) is 5.75 Å². The molecule has 1 aromatic heterocycles. The number of fused-ring (bicyclic) bond motifs is 1. The van der Waals surface area contributed by atoms with Gasteiger partial charge in [-0.15, -0.1) is 10.2 Å². The van der Waals surface area contributed by atoms with Crippen LogP contribution in [0.4, 0.5) is 5.82 Å². The summed E-state index contributed by atoms with van der Waals surface area (Å²) in [7, 11) is 2.08. The predicted molar refractivity (Wildman–Crippen MR) is 118 cm³/mol. The van der Waals surface area contributed by atoms with Crippen LogP contribution in [0.3, 0.4) is 0 Å². The number of phenols is 1. The van der Waals surface area contributed by atoms with Gasteiger partial charge in [-0.25, -0.2) is 0 Å². The third-order valence-corrected chi connectivity index (χ3v) is 6.29. The van der Waals surface area contributed by atoms with E-state index in [1.54, 1.807) is 6.07 Å². The molecule has 1 fully saturated rings. The molecule has 4 rings (SSSR count). The van der Waals surface area contributed by atoms with Crippen molar-refractivity contribution in [3.05, 3.63) is 35.4 Å². The van der Waals surface area contributed by atoms with Crippen LogP contribution in [0.15, 0.2) is 29.4 Å². The van der Waals surface area contributed by atoms with E-state index in [-0.39, 0.29) is 16.8 Å². The molecule has 0 amide bonds. The Labute approximate surface area is 177 Å². The first kappa shape index (κ1) is 20.6. The molecule has 0 spiro atoms. The lowest BCUT2D eigenvalue weighted by Crippen LogP contribution is -2.62. The quantitative estimate of drug-likeness (QED) is 0.528. The fourth-order valence-electron chi connectivity index (χ4n) is 5.19. The maximum Gasteiger partial charge on any atom is 0.151 e. The Hall–Kier alpha value is -2.67. The summed E-state index contributed by atoms with van der Waals surface area (Å²) in [6.45, 7) is 8.97. The summed E-state index contributed by atoms with van der Waals surface area (Å²) >= 11 is 0. The molecule has 1 saturated heterocycles. The number of anilines is 1. The second-order valence-electron chi connectivity index (χ2n) is 9.92. The maximum absolute atomic E-state index is 10.5. The number of oxime groups is 1. The van der Waals surface area contributed by atoms with Gasteiger partial charge in [-0.2, -0.15) is 0 Å². The van der Waals surface area contributed by atoms with Gasteiger partial charge in [-0.05, 0) is 83.2 Å². The van der Waals surface area contributed by atoms with E-state index in [0.29, 0.717) is 29.4 Å². The molecule has 2 heterocycles.